The van der Waals surface area contributed by atoms with E-state index in [1.807, 2.05) is 128 Å². The van der Waals surface area contributed by atoms with Gasteiger partial charge in [0.1, 0.15) is 5.65 Å². The minimum atomic E-state index is -0.449. The lowest BCUT2D eigenvalue weighted by atomic mass is 9.94. The number of imidazole rings is 1. The summed E-state index contributed by atoms with van der Waals surface area (Å²) in [5.74, 6) is 1.34. The van der Waals surface area contributed by atoms with E-state index < -0.39 is 18.1 Å². The van der Waals surface area contributed by atoms with E-state index in [0.717, 1.165) is 50.4 Å². The van der Waals surface area contributed by atoms with Crippen molar-refractivity contribution < 1.29 is 6.85 Å². The molecule has 9 aromatic rings. The smallest absolute Gasteiger partial charge is 0.164 e. The molecule has 51 heavy (non-hydrogen) atoms. The Morgan fingerprint density at radius 1 is 0.373 bits per heavy atom. The molecule has 3 heterocycles. The third-order valence-electron chi connectivity index (χ3n) is 8.75. The van der Waals surface area contributed by atoms with E-state index in [-0.39, 0.29) is 17.6 Å². The van der Waals surface area contributed by atoms with Crippen LogP contribution in [-0.2, 0) is 0 Å². The van der Waals surface area contributed by atoms with Gasteiger partial charge in [0.05, 0.1) is 18.2 Å². The summed E-state index contributed by atoms with van der Waals surface area (Å²) in [5, 5.41) is 0. The Morgan fingerprint density at radius 2 is 0.863 bits per heavy atom. The highest BCUT2D eigenvalue weighted by molar-refractivity contribution is 5.85. The molecule has 9 rings (SSSR count). The van der Waals surface area contributed by atoms with Crippen LogP contribution in [0.4, 0.5) is 0 Å². The molecule has 0 saturated heterocycles. The van der Waals surface area contributed by atoms with E-state index in [9.17, 15) is 0 Å². The zero-order chi connectivity index (χ0) is 38.3. The van der Waals surface area contributed by atoms with E-state index >= 15 is 0 Å². The standard InChI is InChI=1S/C46H31N5/c1-5-15-32(16-6-1)38-29-39(31-40(30-38)46-49-44(36-19-9-3-10-20-36)48-45(50-46)37-21-11-4-12-22-37)33-24-26-35(27-25-33)43-42(34-17-7-2-8-18-34)47-41-23-13-14-28-51(41)43/h1-31H/i1D,5D,6D,15D,16D. The molecule has 0 aliphatic heterocycles. The van der Waals surface area contributed by atoms with Crippen LogP contribution in [0.2, 0.25) is 0 Å². The lowest BCUT2D eigenvalue weighted by molar-refractivity contribution is 1.07. The highest BCUT2D eigenvalue weighted by Crippen LogP contribution is 2.36. The van der Waals surface area contributed by atoms with E-state index in [1.54, 1.807) is 6.07 Å². The average molecular weight is 659 g/mol. The van der Waals surface area contributed by atoms with Crippen LogP contribution >= 0.6 is 0 Å². The maximum atomic E-state index is 8.86. The maximum Gasteiger partial charge on any atom is 0.164 e. The van der Waals surface area contributed by atoms with Crippen LogP contribution in [0, 0.1) is 0 Å². The van der Waals surface area contributed by atoms with Crippen molar-refractivity contribution in [1.82, 2.24) is 24.3 Å². The summed E-state index contributed by atoms with van der Waals surface area (Å²) in [6.07, 6.45) is 2.01. The Labute approximate surface area is 303 Å². The van der Waals surface area contributed by atoms with Gasteiger partial charge in [0, 0.05) is 34.0 Å². The third-order valence-corrected chi connectivity index (χ3v) is 8.75. The molecule has 3 aromatic heterocycles. The normalized spacial score (nSPS) is 12.5. The number of aromatic nitrogens is 5. The van der Waals surface area contributed by atoms with Crippen molar-refractivity contribution in [3.8, 4) is 78.9 Å². The second-order valence-corrected chi connectivity index (χ2v) is 12.0. The molecule has 0 atom stereocenters. The molecule has 0 saturated carbocycles. The number of fused-ring (bicyclic) bond motifs is 1. The summed E-state index contributed by atoms with van der Waals surface area (Å²) < 4.78 is 44.9. The van der Waals surface area contributed by atoms with Gasteiger partial charge in [-0.1, -0.05) is 152 Å². The van der Waals surface area contributed by atoms with Crippen LogP contribution in [-0.4, -0.2) is 24.3 Å². The molecule has 0 N–H and O–H groups in total. The topological polar surface area (TPSA) is 56.0 Å². The molecular formula is C46H31N5. The minimum Gasteiger partial charge on any atom is -0.299 e. The van der Waals surface area contributed by atoms with Crippen LogP contribution in [0.5, 0.6) is 0 Å². The third kappa shape index (κ3) is 5.98. The molecule has 240 valence electrons. The number of rotatable bonds is 7. The highest BCUT2D eigenvalue weighted by atomic mass is 15.0. The van der Waals surface area contributed by atoms with Gasteiger partial charge in [0.2, 0.25) is 0 Å². The van der Waals surface area contributed by atoms with Crippen molar-refractivity contribution >= 4 is 5.65 Å². The molecule has 5 nitrogen and oxygen atoms in total. The van der Waals surface area contributed by atoms with Crippen LogP contribution in [0.1, 0.15) is 6.85 Å². The Hall–Kier alpha value is -6.98. The SMILES string of the molecule is [2H]c1c([2H])c([2H])c(-c2cc(-c3ccc(-c4c(-c5ccccc5)nc5ccccn45)cc3)cc(-c3nc(-c4ccccc4)nc(-c4ccccc4)n3)c2)c([2H])c1[2H]. The van der Waals surface area contributed by atoms with Gasteiger partial charge in [-0.3, -0.25) is 4.40 Å². The number of benzene rings is 6. The molecule has 0 amide bonds. The van der Waals surface area contributed by atoms with Crippen molar-refractivity contribution in [2.24, 2.45) is 0 Å². The Morgan fingerprint density at radius 3 is 1.47 bits per heavy atom. The van der Waals surface area contributed by atoms with Gasteiger partial charge in [0.25, 0.3) is 0 Å². The van der Waals surface area contributed by atoms with Crippen molar-refractivity contribution in [1.29, 1.82) is 0 Å². The quantitative estimate of drug-likeness (QED) is 0.171. The summed E-state index contributed by atoms with van der Waals surface area (Å²) >= 11 is 0. The van der Waals surface area contributed by atoms with Gasteiger partial charge in [-0.15, -0.1) is 0 Å². The Bertz CT molecular complexity index is 2810. The van der Waals surface area contributed by atoms with E-state index in [4.69, 9.17) is 26.8 Å². The van der Waals surface area contributed by atoms with Gasteiger partial charge in [-0.25, -0.2) is 19.9 Å². The van der Waals surface area contributed by atoms with Gasteiger partial charge < -0.3 is 0 Å². The first-order valence-corrected chi connectivity index (χ1v) is 16.6. The number of pyridine rings is 1. The zero-order valence-corrected chi connectivity index (χ0v) is 27.2. The van der Waals surface area contributed by atoms with Gasteiger partial charge in [-0.2, -0.15) is 0 Å². The molecule has 0 aliphatic carbocycles. The van der Waals surface area contributed by atoms with Crippen LogP contribution in [0.3, 0.4) is 0 Å². The molecule has 0 fully saturated rings. The largest absolute Gasteiger partial charge is 0.299 e. The van der Waals surface area contributed by atoms with Crippen LogP contribution in [0.25, 0.3) is 84.6 Å². The minimum absolute atomic E-state index is 0.0922. The lowest BCUT2D eigenvalue weighted by Crippen LogP contribution is -2.00. The Balaban J connectivity index is 1.24. The van der Waals surface area contributed by atoms with E-state index in [0.29, 0.717) is 28.6 Å². The molecule has 6 aromatic carbocycles. The predicted octanol–water partition coefficient (Wildman–Crippen LogP) is 11.2. The first kappa shape index (κ1) is 25.1. The maximum absolute atomic E-state index is 8.86. The van der Waals surface area contributed by atoms with Gasteiger partial charge in [-0.05, 0) is 52.6 Å². The Kier molecular flexibility index (Phi) is 6.46. The second kappa shape index (κ2) is 13.1. The predicted molar refractivity (Wildman–Crippen MR) is 207 cm³/mol. The lowest BCUT2D eigenvalue weighted by Gasteiger charge is -2.13. The monoisotopic (exact) mass is 658 g/mol. The summed E-state index contributed by atoms with van der Waals surface area (Å²) in [5.41, 5.74) is 8.99. The first-order valence-electron chi connectivity index (χ1n) is 19.1. The van der Waals surface area contributed by atoms with Crippen LogP contribution in [0.15, 0.2) is 188 Å². The number of hydrogen-bond donors (Lipinski definition) is 0. The molecular weight excluding hydrogens is 623 g/mol. The fourth-order valence-corrected chi connectivity index (χ4v) is 6.29. The first-order chi connectivity index (χ1) is 27.3. The molecule has 0 radical (unpaired) electrons. The summed E-state index contributed by atoms with van der Waals surface area (Å²) in [4.78, 5) is 19.7. The summed E-state index contributed by atoms with van der Waals surface area (Å²) in [7, 11) is 0. The molecule has 0 bridgehead atoms. The van der Waals surface area contributed by atoms with Crippen molar-refractivity contribution in [2.45, 2.75) is 0 Å². The highest BCUT2D eigenvalue weighted by Gasteiger charge is 2.17. The summed E-state index contributed by atoms with van der Waals surface area (Å²) in [6.45, 7) is 0. The molecule has 0 spiro atoms. The molecule has 0 aliphatic rings. The average Bonchev–Trinajstić information content (AvgIpc) is 3.65. The number of nitrogens with zero attached hydrogens (tertiary/aromatic N) is 5. The van der Waals surface area contributed by atoms with E-state index in [1.165, 1.54) is 0 Å². The summed E-state index contributed by atoms with van der Waals surface area (Å²) in [6, 6.07) is 47.3. The van der Waals surface area contributed by atoms with E-state index in [2.05, 4.69) is 28.7 Å². The second-order valence-electron chi connectivity index (χ2n) is 12.0. The fraction of sp³-hybridized carbons (Fsp3) is 0. The molecule has 0 unspecified atom stereocenters. The van der Waals surface area contributed by atoms with Gasteiger partial charge in [0.15, 0.2) is 17.5 Å². The van der Waals surface area contributed by atoms with Crippen LogP contribution < -0.4 is 0 Å². The zero-order valence-electron chi connectivity index (χ0n) is 32.2. The van der Waals surface area contributed by atoms with Crippen molar-refractivity contribution in [2.75, 3.05) is 0 Å². The van der Waals surface area contributed by atoms with Crippen molar-refractivity contribution in [3.63, 3.8) is 0 Å². The van der Waals surface area contributed by atoms with Crippen molar-refractivity contribution in [3.05, 3.63) is 188 Å². The molecule has 5 heteroatoms. The van der Waals surface area contributed by atoms with Gasteiger partial charge >= 0.3 is 0 Å². The number of hydrogen-bond acceptors (Lipinski definition) is 4. The fourth-order valence-electron chi connectivity index (χ4n) is 6.29.